The lowest BCUT2D eigenvalue weighted by atomic mass is 10.3. The number of nitrogens with one attached hydrogen (secondary N) is 1. The summed E-state index contributed by atoms with van der Waals surface area (Å²) in [5.74, 6) is -0.459. The lowest BCUT2D eigenvalue weighted by molar-refractivity contribution is 0.600. The van der Waals surface area contributed by atoms with Crippen molar-refractivity contribution in [2.45, 2.75) is 4.90 Å². The highest BCUT2D eigenvalue weighted by Crippen LogP contribution is 2.22. The van der Waals surface area contributed by atoms with E-state index < -0.39 is 15.8 Å². The monoisotopic (exact) mass is 333 g/mol. The number of benzene rings is 1. The fraction of sp³-hybridized carbons (Fsp3) is 0.100. The van der Waals surface area contributed by atoms with Crippen LogP contribution < -0.4 is 4.72 Å². The number of hydrogen-bond acceptors (Lipinski definition) is 3. The zero-order valence-corrected chi connectivity index (χ0v) is 11.7. The summed E-state index contributed by atoms with van der Waals surface area (Å²) in [6.45, 7) is 0. The summed E-state index contributed by atoms with van der Waals surface area (Å²) in [6.07, 6.45) is 2.61. The predicted molar refractivity (Wildman–Crippen MR) is 68.1 cm³/mol. The smallest absolute Gasteiger partial charge is 0.265 e. The maximum Gasteiger partial charge on any atom is 0.265 e. The molecule has 18 heavy (non-hydrogen) atoms. The average Bonchev–Trinajstić information content (AvgIpc) is 2.71. The van der Waals surface area contributed by atoms with Crippen molar-refractivity contribution in [1.29, 1.82) is 0 Å². The molecular weight excluding hydrogens is 325 g/mol. The quantitative estimate of drug-likeness (QED) is 0.935. The van der Waals surface area contributed by atoms with E-state index in [2.05, 4.69) is 25.8 Å². The molecule has 1 N–H and O–H groups in total. The lowest BCUT2D eigenvalue weighted by Gasteiger charge is -2.06. The van der Waals surface area contributed by atoms with Crippen LogP contribution in [0.25, 0.3) is 0 Å². The molecule has 2 rings (SSSR count). The standard InChI is InChI=1S/C10H9BrFN3O2S/c1-15-6-8(5-13-15)18(16,17)14-7-2-3-10(12)9(11)4-7/h2-6,14H,1H3. The maximum atomic E-state index is 13.0. The first-order valence-electron chi connectivity index (χ1n) is 4.85. The summed E-state index contributed by atoms with van der Waals surface area (Å²) >= 11 is 2.99. The van der Waals surface area contributed by atoms with Gasteiger partial charge in [0.15, 0.2) is 0 Å². The number of halogens is 2. The Labute approximate surface area is 112 Å². The van der Waals surface area contributed by atoms with Gasteiger partial charge < -0.3 is 0 Å². The normalized spacial score (nSPS) is 11.5. The molecular formula is C10H9BrFN3O2S. The van der Waals surface area contributed by atoms with E-state index in [1.807, 2.05) is 0 Å². The van der Waals surface area contributed by atoms with Crippen molar-refractivity contribution in [2.75, 3.05) is 4.72 Å². The Hall–Kier alpha value is -1.41. The first-order chi connectivity index (χ1) is 8.38. The van der Waals surface area contributed by atoms with Crippen molar-refractivity contribution >= 4 is 31.6 Å². The highest BCUT2D eigenvalue weighted by atomic mass is 79.9. The molecule has 96 valence electrons. The minimum Gasteiger partial charge on any atom is -0.279 e. The second kappa shape index (κ2) is 4.69. The Bertz CT molecular complexity index is 684. The van der Waals surface area contributed by atoms with E-state index >= 15 is 0 Å². The van der Waals surface area contributed by atoms with Gasteiger partial charge in [-0.25, -0.2) is 12.8 Å². The zero-order chi connectivity index (χ0) is 13.3. The Morgan fingerprint density at radius 2 is 2.17 bits per heavy atom. The zero-order valence-electron chi connectivity index (χ0n) is 9.26. The van der Waals surface area contributed by atoms with Crippen LogP contribution in [-0.4, -0.2) is 18.2 Å². The summed E-state index contributed by atoms with van der Waals surface area (Å²) in [5.41, 5.74) is 0.270. The highest BCUT2D eigenvalue weighted by molar-refractivity contribution is 9.10. The van der Waals surface area contributed by atoms with E-state index in [1.54, 1.807) is 7.05 Å². The number of aromatic nitrogens is 2. The highest BCUT2D eigenvalue weighted by Gasteiger charge is 2.16. The van der Waals surface area contributed by atoms with Crippen LogP contribution in [0.1, 0.15) is 0 Å². The van der Waals surface area contributed by atoms with Gasteiger partial charge in [0.2, 0.25) is 0 Å². The molecule has 0 saturated heterocycles. The van der Waals surface area contributed by atoms with E-state index in [0.29, 0.717) is 0 Å². The second-order valence-electron chi connectivity index (χ2n) is 3.58. The first-order valence-corrected chi connectivity index (χ1v) is 7.12. The topological polar surface area (TPSA) is 64.0 Å². The number of hydrogen-bond donors (Lipinski definition) is 1. The summed E-state index contributed by atoms with van der Waals surface area (Å²) in [4.78, 5) is 0.0467. The Morgan fingerprint density at radius 3 is 2.72 bits per heavy atom. The Kier molecular flexibility index (Phi) is 3.40. The molecule has 1 aromatic carbocycles. The predicted octanol–water partition coefficient (Wildman–Crippen LogP) is 2.12. The van der Waals surface area contributed by atoms with E-state index in [9.17, 15) is 12.8 Å². The SMILES string of the molecule is Cn1cc(S(=O)(=O)Nc2ccc(F)c(Br)c2)cn1. The molecule has 1 aromatic heterocycles. The molecule has 0 bridgehead atoms. The van der Waals surface area contributed by atoms with Gasteiger partial charge in [0.25, 0.3) is 10.0 Å². The van der Waals surface area contributed by atoms with E-state index in [-0.39, 0.29) is 15.1 Å². The summed E-state index contributed by atoms with van der Waals surface area (Å²) < 4.78 is 40.8. The van der Waals surface area contributed by atoms with Gasteiger partial charge in [-0.1, -0.05) is 0 Å². The summed E-state index contributed by atoms with van der Waals surface area (Å²) in [7, 11) is -2.08. The molecule has 0 radical (unpaired) electrons. The number of rotatable bonds is 3. The van der Waals surface area contributed by atoms with Crippen LogP contribution in [0.5, 0.6) is 0 Å². The molecule has 0 aliphatic carbocycles. The minimum atomic E-state index is -3.70. The molecule has 2 aromatic rings. The Balaban J connectivity index is 2.30. The molecule has 0 atom stereocenters. The third-order valence-electron chi connectivity index (χ3n) is 2.16. The van der Waals surface area contributed by atoms with Crippen molar-refractivity contribution in [3.8, 4) is 0 Å². The molecule has 0 aliphatic rings. The van der Waals surface area contributed by atoms with Crippen LogP contribution in [0.15, 0.2) is 40.0 Å². The molecule has 8 heteroatoms. The van der Waals surface area contributed by atoms with Crippen molar-refractivity contribution in [3.63, 3.8) is 0 Å². The van der Waals surface area contributed by atoms with Crippen LogP contribution in [0.4, 0.5) is 10.1 Å². The largest absolute Gasteiger partial charge is 0.279 e. The van der Waals surface area contributed by atoms with Gasteiger partial charge >= 0.3 is 0 Å². The van der Waals surface area contributed by atoms with Gasteiger partial charge in [-0.2, -0.15) is 5.10 Å². The number of nitrogens with zero attached hydrogens (tertiary/aromatic N) is 2. The van der Waals surface area contributed by atoms with Gasteiger partial charge in [0.1, 0.15) is 10.7 Å². The summed E-state index contributed by atoms with van der Waals surface area (Å²) in [5, 5.41) is 3.78. The molecule has 0 spiro atoms. The molecule has 5 nitrogen and oxygen atoms in total. The van der Waals surface area contributed by atoms with Crippen LogP contribution in [-0.2, 0) is 17.1 Å². The van der Waals surface area contributed by atoms with Crippen LogP contribution in [0, 0.1) is 5.82 Å². The fourth-order valence-electron chi connectivity index (χ4n) is 1.31. The second-order valence-corrected chi connectivity index (χ2v) is 6.12. The van der Waals surface area contributed by atoms with Gasteiger partial charge in [-0.05, 0) is 34.1 Å². The van der Waals surface area contributed by atoms with Gasteiger partial charge in [0, 0.05) is 13.2 Å². The third-order valence-corrected chi connectivity index (χ3v) is 4.11. The molecule has 0 fully saturated rings. The minimum absolute atomic E-state index is 0.0467. The molecule has 0 aliphatic heterocycles. The third kappa shape index (κ3) is 2.70. The lowest BCUT2D eigenvalue weighted by Crippen LogP contribution is -2.12. The maximum absolute atomic E-state index is 13.0. The van der Waals surface area contributed by atoms with Crippen molar-refractivity contribution in [2.24, 2.45) is 7.05 Å². The van der Waals surface area contributed by atoms with Crippen LogP contribution in [0.3, 0.4) is 0 Å². The van der Waals surface area contributed by atoms with E-state index in [0.717, 1.165) is 0 Å². The van der Waals surface area contributed by atoms with Gasteiger partial charge in [-0.3, -0.25) is 9.40 Å². The molecule has 1 heterocycles. The summed E-state index contributed by atoms with van der Waals surface area (Å²) in [6, 6.07) is 3.86. The van der Waals surface area contributed by atoms with Gasteiger partial charge in [0.05, 0.1) is 16.4 Å². The van der Waals surface area contributed by atoms with Crippen LogP contribution >= 0.6 is 15.9 Å². The fourth-order valence-corrected chi connectivity index (χ4v) is 2.72. The van der Waals surface area contributed by atoms with Crippen molar-refractivity contribution in [1.82, 2.24) is 9.78 Å². The molecule has 0 saturated carbocycles. The first kappa shape index (κ1) is 13.0. The van der Waals surface area contributed by atoms with E-state index in [1.165, 1.54) is 35.3 Å². The van der Waals surface area contributed by atoms with E-state index in [4.69, 9.17) is 0 Å². The van der Waals surface area contributed by atoms with Gasteiger partial charge in [-0.15, -0.1) is 0 Å². The van der Waals surface area contributed by atoms with Crippen molar-refractivity contribution in [3.05, 3.63) is 40.9 Å². The van der Waals surface area contributed by atoms with Crippen molar-refractivity contribution < 1.29 is 12.8 Å². The molecule has 0 unspecified atom stereocenters. The Morgan fingerprint density at radius 1 is 1.44 bits per heavy atom. The number of anilines is 1. The number of sulfonamides is 1. The average molecular weight is 334 g/mol. The number of aryl methyl sites for hydroxylation is 1. The molecule has 0 amide bonds. The van der Waals surface area contributed by atoms with Crippen LogP contribution in [0.2, 0.25) is 0 Å².